The summed E-state index contributed by atoms with van der Waals surface area (Å²) in [6.45, 7) is 3.66. The van der Waals surface area contributed by atoms with Crippen LogP contribution in [0.25, 0.3) is 0 Å². The first-order chi connectivity index (χ1) is 9.51. The van der Waals surface area contributed by atoms with Crippen molar-refractivity contribution < 1.29 is 19.8 Å². The number of carboxylic acid groups (broad SMARTS) is 1. The summed E-state index contributed by atoms with van der Waals surface area (Å²) in [6, 6.07) is -0.129. The molecule has 0 aromatic rings. The van der Waals surface area contributed by atoms with Crippen molar-refractivity contribution in [3.8, 4) is 0 Å². The van der Waals surface area contributed by atoms with Gasteiger partial charge in [-0.05, 0) is 24.7 Å². The highest BCUT2D eigenvalue weighted by Gasteiger charge is 2.43. The Morgan fingerprint density at radius 2 is 2.10 bits per heavy atom. The van der Waals surface area contributed by atoms with E-state index in [4.69, 9.17) is 5.11 Å². The number of amides is 2. The van der Waals surface area contributed by atoms with E-state index in [-0.39, 0.29) is 30.4 Å². The number of rotatable bonds is 5. The summed E-state index contributed by atoms with van der Waals surface area (Å²) in [5, 5.41) is 21.4. The van der Waals surface area contributed by atoms with Crippen LogP contribution in [0.5, 0.6) is 0 Å². The molecule has 2 aliphatic rings. The number of carboxylic acids is 1. The molecule has 0 spiro atoms. The maximum Gasteiger partial charge on any atom is 0.317 e. The summed E-state index contributed by atoms with van der Waals surface area (Å²) in [5.74, 6) is -0.201. The first-order valence-corrected chi connectivity index (χ1v) is 7.43. The average Bonchev–Trinajstić information content (AvgIpc) is 2.96. The van der Waals surface area contributed by atoms with Crippen molar-refractivity contribution in [1.82, 2.24) is 10.2 Å². The fourth-order valence-electron chi connectivity index (χ4n) is 3.35. The van der Waals surface area contributed by atoms with Gasteiger partial charge in [0.1, 0.15) is 0 Å². The molecule has 1 saturated carbocycles. The summed E-state index contributed by atoms with van der Waals surface area (Å²) in [5.41, 5.74) is 0. The van der Waals surface area contributed by atoms with Crippen molar-refractivity contribution in [2.75, 3.05) is 19.6 Å². The Hall–Kier alpha value is -1.30. The quantitative estimate of drug-likeness (QED) is 0.699. The zero-order valence-electron chi connectivity index (χ0n) is 11.9. The molecule has 20 heavy (non-hydrogen) atoms. The molecule has 0 aromatic carbocycles. The third kappa shape index (κ3) is 3.42. The van der Waals surface area contributed by atoms with E-state index >= 15 is 0 Å². The van der Waals surface area contributed by atoms with Gasteiger partial charge in [-0.2, -0.15) is 0 Å². The van der Waals surface area contributed by atoms with Crippen LogP contribution in [0.3, 0.4) is 0 Å². The third-order valence-electron chi connectivity index (χ3n) is 4.69. The lowest BCUT2D eigenvalue weighted by Crippen LogP contribution is -2.41. The topological polar surface area (TPSA) is 89.9 Å². The summed E-state index contributed by atoms with van der Waals surface area (Å²) in [4.78, 5) is 24.5. The van der Waals surface area contributed by atoms with Gasteiger partial charge in [0, 0.05) is 32.0 Å². The monoisotopic (exact) mass is 284 g/mol. The molecule has 0 radical (unpaired) electrons. The molecule has 1 heterocycles. The lowest BCUT2D eigenvalue weighted by atomic mass is 10.00. The lowest BCUT2D eigenvalue weighted by molar-refractivity contribution is -0.138. The van der Waals surface area contributed by atoms with Gasteiger partial charge in [0.2, 0.25) is 0 Å². The minimum atomic E-state index is -0.829. The van der Waals surface area contributed by atoms with Gasteiger partial charge < -0.3 is 20.4 Å². The molecule has 0 bridgehead atoms. The van der Waals surface area contributed by atoms with Gasteiger partial charge >= 0.3 is 12.0 Å². The van der Waals surface area contributed by atoms with Crippen molar-refractivity contribution in [3.05, 3.63) is 0 Å². The van der Waals surface area contributed by atoms with E-state index in [1.807, 2.05) is 6.92 Å². The Labute approximate surface area is 119 Å². The predicted molar refractivity (Wildman–Crippen MR) is 73.2 cm³/mol. The summed E-state index contributed by atoms with van der Waals surface area (Å²) in [6.07, 6.45) is 2.39. The highest BCUT2D eigenvalue weighted by Crippen LogP contribution is 2.37. The molecule has 2 fully saturated rings. The van der Waals surface area contributed by atoms with Crippen LogP contribution in [0.1, 0.15) is 32.6 Å². The number of likely N-dealkylation sites (tertiary alicyclic amines) is 1. The van der Waals surface area contributed by atoms with Crippen molar-refractivity contribution in [3.63, 3.8) is 0 Å². The third-order valence-corrected chi connectivity index (χ3v) is 4.69. The molecule has 114 valence electrons. The molecule has 1 saturated heterocycles. The Bertz CT molecular complexity index is 374. The number of nitrogens with one attached hydrogen (secondary N) is 1. The normalized spacial score (nSPS) is 30.1. The highest BCUT2D eigenvalue weighted by molar-refractivity contribution is 5.74. The van der Waals surface area contributed by atoms with Crippen LogP contribution in [0.4, 0.5) is 4.79 Å². The first kappa shape index (κ1) is 15.1. The minimum Gasteiger partial charge on any atom is -0.481 e. The minimum absolute atomic E-state index is 0.0239. The van der Waals surface area contributed by atoms with Gasteiger partial charge in [0.25, 0.3) is 0 Å². The van der Waals surface area contributed by atoms with E-state index in [1.165, 1.54) is 0 Å². The fourth-order valence-corrected chi connectivity index (χ4v) is 3.35. The van der Waals surface area contributed by atoms with Crippen LogP contribution in [-0.4, -0.2) is 52.9 Å². The van der Waals surface area contributed by atoms with Crippen LogP contribution < -0.4 is 5.32 Å². The molecule has 4 unspecified atom stereocenters. The summed E-state index contributed by atoms with van der Waals surface area (Å²) in [7, 11) is 0. The summed E-state index contributed by atoms with van der Waals surface area (Å²) >= 11 is 0. The predicted octanol–water partition coefficient (Wildman–Crippen LogP) is 0.900. The Kier molecular flexibility index (Phi) is 4.86. The lowest BCUT2D eigenvalue weighted by Gasteiger charge is -2.21. The van der Waals surface area contributed by atoms with E-state index in [9.17, 15) is 14.7 Å². The van der Waals surface area contributed by atoms with Gasteiger partial charge in [-0.25, -0.2) is 4.79 Å². The Morgan fingerprint density at radius 1 is 1.35 bits per heavy atom. The number of carbonyl (C=O) groups is 2. The van der Waals surface area contributed by atoms with Crippen LogP contribution in [0.2, 0.25) is 0 Å². The number of urea groups is 1. The average molecular weight is 284 g/mol. The highest BCUT2D eigenvalue weighted by atomic mass is 16.4. The largest absolute Gasteiger partial charge is 0.481 e. The van der Waals surface area contributed by atoms with E-state index < -0.39 is 5.97 Å². The smallest absolute Gasteiger partial charge is 0.317 e. The maximum absolute atomic E-state index is 12.1. The van der Waals surface area contributed by atoms with Crippen LogP contribution in [0.15, 0.2) is 0 Å². The van der Waals surface area contributed by atoms with Gasteiger partial charge in [0.05, 0.1) is 6.10 Å². The number of carbonyl (C=O) groups excluding carboxylic acids is 1. The van der Waals surface area contributed by atoms with Gasteiger partial charge in [-0.15, -0.1) is 0 Å². The van der Waals surface area contributed by atoms with Crippen molar-refractivity contribution in [1.29, 1.82) is 0 Å². The van der Waals surface area contributed by atoms with Gasteiger partial charge in [-0.1, -0.05) is 13.3 Å². The van der Waals surface area contributed by atoms with Crippen molar-refractivity contribution >= 4 is 12.0 Å². The second kappa shape index (κ2) is 6.43. The van der Waals surface area contributed by atoms with E-state index in [0.29, 0.717) is 25.6 Å². The SMILES string of the molecule is CCC(CNC(=O)N1CC2CCC(O)C2C1)CC(=O)O. The van der Waals surface area contributed by atoms with Crippen LogP contribution >= 0.6 is 0 Å². The molecule has 4 atom stereocenters. The molecular weight excluding hydrogens is 260 g/mol. The van der Waals surface area contributed by atoms with E-state index in [1.54, 1.807) is 4.90 Å². The van der Waals surface area contributed by atoms with Gasteiger partial charge in [-0.3, -0.25) is 4.79 Å². The van der Waals surface area contributed by atoms with E-state index in [0.717, 1.165) is 19.3 Å². The van der Waals surface area contributed by atoms with Gasteiger partial charge in [0.15, 0.2) is 0 Å². The first-order valence-electron chi connectivity index (χ1n) is 7.43. The molecule has 1 aliphatic carbocycles. The number of nitrogens with zero attached hydrogens (tertiary/aromatic N) is 1. The van der Waals surface area contributed by atoms with Crippen molar-refractivity contribution in [2.45, 2.75) is 38.7 Å². The summed E-state index contributed by atoms with van der Waals surface area (Å²) < 4.78 is 0. The second-order valence-electron chi connectivity index (χ2n) is 6.03. The maximum atomic E-state index is 12.1. The molecule has 1 aliphatic heterocycles. The van der Waals surface area contributed by atoms with Crippen molar-refractivity contribution in [2.24, 2.45) is 17.8 Å². The molecule has 6 nitrogen and oxygen atoms in total. The fraction of sp³-hybridized carbons (Fsp3) is 0.857. The standard InChI is InChI=1S/C14H24N2O4/c1-2-9(5-13(18)19)6-15-14(20)16-7-10-3-4-12(17)11(10)8-16/h9-12,17H,2-8H2,1H3,(H,15,20)(H,18,19). The zero-order valence-corrected chi connectivity index (χ0v) is 11.9. The number of hydrogen-bond acceptors (Lipinski definition) is 3. The second-order valence-corrected chi connectivity index (χ2v) is 6.03. The molecular formula is C14H24N2O4. The van der Waals surface area contributed by atoms with E-state index in [2.05, 4.69) is 5.32 Å². The molecule has 0 aromatic heterocycles. The Balaban J connectivity index is 1.77. The molecule has 3 N–H and O–H groups in total. The molecule has 2 amide bonds. The number of aliphatic carboxylic acids is 1. The Morgan fingerprint density at radius 3 is 2.70 bits per heavy atom. The zero-order chi connectivity index (χ0) is 14.7. The number of hydrogen-bond donors (Lipinski definition) is 3. The molecule has 6 heteroatoms. The molecule has 2 rings (SSSR count). The van der Waals surface area contributed by atoms with Crippen LogP contribution in [0, 0.1) is 17.8 Å². The number of aliphatic hydroxyl groups excluding tert-OH is 1. The van der Waals surface area contributed by atoms with Crippen LogP contribution in [-0.2, 0) is 4.79 Å². The number of fused-ring (bicyclic) bond motifs is 1. The number of aliphatic hydroxyl groups is 1.